The smallest absolute Gasteiger partial charge is 0.377 e. The van der Waals surface area contributed by atoms with Gasteiger partial charge in [-0.2, -0.15) is 0 Å². The first kappa shape index (κ1) is 14.1. The molecular weight excluding hydrogens is 263 g/mol. The van der Waals surface area contributed by atoms with Crippen molar-refractivity contribution in [2.75, 3.05) is 21.1 Å². The van der Waals surface area contributed by atoms with Crippen molar-refractivity contribution in [1.29, 1.82) is 0 Å². The van der Waals surface area contributed by atoms with Crippen molar-refractivity contribution >= 4 is 19.6 Å². The molecule has 5 heteroatoms. The van der Waals surface area contributed by atoms with Crippen molar-refractivity contribution < 1.29 is 17.7 Å². The molecule has 0 spiro atoms. The fraction of sp³-hybridized carbons (Fsp3) is 0.286. The number of hydrogen-bond donors (Lipinski definition) is 0. The second kappa shape index (κ2) is 6.25. The van der Waals surface area contributed by atoms with E-state index < -0.39 is 15.7 Å². The van der Waals surface area contributed by atoms with E-state index in [1.54, 1.807) is 0 Å². The van der Waals surface area contributed by atoms with E-state index in [4.69, 9.17) is 13.3 Å². The van der Waals surface area contributed by atoms with Gasteiger partial charge in [0.2, 0.25) is 0 Å². The highest BCUT2D eigenvalue weighted by Crippen LogP contribution is 2.23. The number of alkyl halides is 1. The first-order valence-electron chi connectivity index (χ1n) is 6.01. The molecule has 2 aromatic rings. The van der Waals surface area contributed by atoms with E-state index >= 15 is 0 Å². The predicted molar refractivity (Wildman–Crippen MR) is 74.5 cm³/mol. The molecule has 2 aromatic carbocycles. The van der Waals surface area contributed by atoms with Gasteiger partial charge in [-0.1, -0.05) is 42.5 Å². The maximum Gasteiger partial charge on any atom is 0.506 e. The molecule has 0 atom stereocenters. The molecule has 0 aliphatic carbocycles. The first-order valence-corrected chi connectivity index (χ1v) is 7.95. The molecule has 0 saturated carbocycles. The zero-order valence-electron chi connectivity index (χ0n) is 11.1. The molecule has 0 heterocycles. The van der Waals surface area contributed by atoms with E-state index in [2.05, 4.69) is 0 Å². The molecule has 102 valence electrons. The van der Waals surface area contributed by atoms with Crippen molar-refractivity contribution in [3.05, 3.63) is 48.0 Å². The standard InChI is InChI=1S/C14H17FO3Si/c1-16-19(17-2,18-11-15)10-13-8-5-7-12-6-3-4-9-14(12)13/h3-9H,10-11H2,1-2H3. The monoisotopic (exact) mass is 280 g/mol. The Balaban J connectivity index is 2.39. The maximum absolute atomic E-state index is 12.5. The zero-order chi connectivity index (χ0) is 13.7. The Kier molecular flexibility index (Phi) is 4.65. The molecule has 0 aliphatic rings. The topological polar surface area (TPSA) is 27.7 Å². The highest BCUT2D eigenvalue weighted by Gasteiger charge is 2.39. The number of rotatable bonds is 6. The van der Waals surface area contributed by atoms with Crippen LogP contribution < -0.4 is 0 Å². The Bertz CT molecular complexity index is 538. The van der Waals surface area contributed by atoms with Crippen LogP contribution in [-0.2, 0) is 19.3 Å². The highest BCUT2D eigenvalue weighted by molar-refractivity contribution is 6.60. The third kappa shape index (κ3) is 3.01. The van der Waals surface area contributed by atoms with Crippen LogP contribution in [0.3, 0.4) is 0 Å². The van der Waals surface area contributed by atoms with Gasteiger partial charge in [-0.25, -0.2) is 4.39 Å². The van der Waals surface area contributed by atoms with Gasteiger partial charge in [0.1, 0.15) is 0 Å². The lowest BCUT2D eigenvalue weighted by atomic mass is 10.1. The van der Waals surface area contributed by atoms with Gasteiger partial charge in [0.25, 0.3) is 0 Å². The van der Waals surface area contributed by atoms with Gasteiger partial charge in [-0.15, -0.1) is 0 Å². The quantitative estimate of drug-likeness (QED) is 0.761. The Labute approximate surface area is 113 Å². The summed E-state index contributed by atoms with van der Waals surface area (Å²) >= 11 is 0. The fourth-order valence-electron chi connectivity index (χ4n) is 2.16. The summed E-state index contributed by atoms with van der Waals surface area (Å²) in [6, 6.07) is 14.5. The largest absolute Gasteiger partial charge is 0.506 e. The summed E-state index contributed by atoms with van der Waals surface area (Å²) in [5, 5.41) is 2.24. The van der Waals surface area contributed by atoms with Gasteiger partial charge in [-0.05, 0) is 16.3 Å². The molecule has 0 fully saturated rings. The minimum Gasteiger partial charge on any atom is -0.377 e. The summed E-state index contributed by atoms with van der Waals surface area (Å²) in [4.78, 5) is 0. The normalized spacial score (nSPS) is 11.9. The number of benzene rings is 2. The van der Waals surface area contributed by atoms with Gasteiger partial charge < -0.3 is 13.3 Å². The Morgan fingerprint density at radius 3 is 2.37 bits per heavy atom. The van der Waals surface area contributed by atoms with Gasteiger partial charge in [0, 0.05) is 20.3 Å². The molecular formula is C14H17FO3Si. The number of fused-ring (bicyclic) bond motifs is 1. The minimum atomic E-state index is -2.98. The lowest BCUT2D eigenvalue weighted by molar-refractivity contribution is 0.0570. The molecule has 0 unspecified atom stereocenters. The molecule has 0 amide bonds. The van der Waals surface area contributed by atoms with Crippen LogP contribution in [0.25, 0.3) is 10.8 Å². The second-order valence-corrected chi connectivity index (χ2v) is 6.98. The average Bonchev–Trinajstić information content (AvgIpc) is 2.47. The van der Waals surface area contributed by atoms with Crippen LogP contribution in [0.5, 0.6) is 0 Å². The summed E-state index contributed by atoms with van der Waals surface area (Å²) in [6.45, 7) is -0.904. The Hall–Kier alpha value is -1.27. The van der Waals surface area contributed by atoms with Crippen molar-refractivity contribution in [2.24, 2.45) is 0 Å². The fourth-order valence-corrected chi connectivity index (χ4v) is 3.89. The number of halogens is 1. The van der Waals surface area contributed by atoms with Gasteiger partial charge in [0.15, 0.2) is 6.86 Å². The van der Waals surface area contributed by atoms with E-state index in [1.165, 1.54) is 14.2 Å². The van der Waals surface area contributed by atoms with Crippen LogP contribution in [0.1, 0.15) is 5.56 Å². The van der Waals surface area contributed by atoms with Crippen molar-refractivity contribution in [3.63, 3.8) is 0 Å². The number of hydrogen-bond acceptors (Lipinski definition) is 3. The molecule has 0 saturated heterocycles. The van der Waals surface area contributed by atoms with Crippen molar-refractivity contribution in [2.45, 2.75) is 6.04 Å². The zero-order valence-corrected chi connectivity index (χ0v) is 12.1. The Morgan fingerprint density at radius 2 is 1.68 bits per heavy atom. The third-order valence-corrected chi connectivity index (χ3v) is 5.79. The summed E-state index contributed by atoms with van der Waals surface area (Å²) in [6.07, 6.45) is 0. The van der Waals surface area contributed by atoms with Crippen LogP contribution in [-0.4, -0.2) is 29.9 Å². The molecule has 0 bridgehead atoms. The molecule has 0 aliphatic heterocycles. The van der Waals surface area contributed by atoms with Crippen LogP contribution in [0, 0.1) is 0 Å². The minimum absolute atomic E-state index is 0.450. The predicted octanol–water partition coefficient (Wildman–Crippen LogP) is 3.10. The molecule has 0 N–H and O–H groups in total. The van der Waals surface area contributed by atoms with Crippen molar-refractivity contribution in [1.82, 2.24) is 0 Å². The summed E-state index contributed by atoms with van der Waals surface area (Å²) in [7, 11) is 0.0166. The molecule has 0 aromatic heterocycles. The van der Waals surface area contributed by atoms with E-state index in [9.17, 15) is 4.39 Å². The third-order valence-electron chi connectivity index (χ3n) is 3.18. The van der Waals surface area contributed by atoms with E-state index in [0.29, 0.717) is 6.04 Å². The lowest BCUT2D eigenvalue weighted by Crippen LogP contribution is -2.46. The summed E-state index contributed by atoms with van der Waals surface area (Å²) in [5.41, 5.74) is 1.04. The van der Waals surface area contributed by atoms with Crippen LogP contribution in [0.4, 0.5) is 4.39 Å². The molecule has 19 heavy (non-hydrogen) atoms. The Morgan fingerprint density at radius 1 is 1.00 bits per heavy atom. The highest BCUT2D eigenvalue weighted by atomic mass is 28.4. The van der Waals surface area contributed by atoms with Gasteiger partial charge in [0.05, 0.1) is 0 Å². The van der Waals surface area contributed by atoms with Crippen LogP contribution >= 0.6 is 0 Å². The molecule has 0 radical (unpaired) electrons. The maximum atomic E-state index is 12.5. The van der Waals surface area contributed by atoms with E-state index in [1.807, 2.05) is 42.5 Å². The van der Waals surface area contributed by atoms with Crippen LogP contribution in [0.2, 0.25) is 0 Å². The van der Waals surface area contributed by atoms with E-state index in [0.717, 1.165) is 16.3 Å². The summed E-state index contributed by atoms with van der Waals surface area (Å²) < 4.78 is 28.3. The first-order chi connectivity index (χ1) is 9.24. The van der Waals surface area contributed by atoms with Crippen molar-refractivity contribution in [3.8, 4) is 0 Å². The van der Waals surface area contributed by atoms with E-state index in [-0.39, 0.29) is 0 Å². The van der Waals surface area contributed by atoms with Crippen LogP contribution in [0.15, 0.2) is 42.5 Å². The average molecular weight is 280 g/mol. The second-order valence-electron chi connectivity index (χ2n) is 4.16. The van der Waals surface area contributed by atoms with Gasteiger partial charge >= 0.3 is 8.80 Å². The molecule has 2 rings (SSSR count). The SMILES string of the molecule is CO[Si](Cc1cccc2ccccc12)(OC)OCF. The summed E-state index contributed by atoms with van der Waals surface area (Å²) in [5.74, 6) is 0. The molecule has 3 nitrogen and oxygen atoms in total. The lowest BCUT2D eigenvalue weighted by Gasteiger charge is -2.25. The van der Waals surface area contributed by atoms with Gasteiger partial charge in [-0.3, -0.25) is 0 Å².